The number of aliphatic imine (C=N–C) groups is 1. The number of para-hydroxylation sites is 1. The zero-order valence-corrected chi connectivity index (χ0v) is 12.8. The number of nitrogens with one attached hydrogen (secondary N) is 1. The van der Waals surface area contributed by atoms with Gasteiger partial charge in [-0.3, -0.25) is 9.79 Å². The molecule has 5 nitrogen and oxygen atoms in total. The Morgan fingerprint density at radius 1 is 1.40 bits per heavy atom. The van der Waals surface area contributed by atoms with Crippen molar-refractivity contribution in [3.8, 4) is 0 Å². The summed E-state index contributed by atoms with van der Waals surface area (Å²) >= 11 is 0. The van der Waals surface area contributed by atoms with Crippen LogP contribution in [-0.2, 0) is 4.74 Å². The van der Waals surface area contributed by atoms with E-state index in [2.05, 4.69) is 10.3 Å². The topological polar surface area (TPSA) is 76.7 Å². The van der Waals surface area contributed by atoms with Crippen LogP contribution in [0.25, 0.3) is 0 Å². The minimum atomic E-state index is -0.105. The Balaban J connectivity index is 0.00000180. The van der Waals surface area contributed by atoms with Crippen molar-refractivity contribution in [2.24, 2.45) is 10.7 Å². The molecule has 1 aromatic carbocycles. The van der Waals surface area contributed by atoms with Gasteiger partial charge >= 0.3 is 0 Å². The minimum absolute atomic E-state index is 0. The predicted octanol–water partition coefficient (Wildman–Crippen LogP) is 1.90. The predicted molar refractivity (Wildman–Crippen MR) is 85.7 cm³/mol. The van der Waals surface area contributed by atoms with Crippen molar-refractivity contribution >= 4 is 42.1 Å². The van der Waals surface area contributed by atoms with Crippen molar-refractivity contribution in [2.75, 3.05) is 25.5 Å². The summed E-state index contributed by atoms with van der Waals surface area (Å²) in [5.74, 6) is 0.763. The summed E-state index contributed by atoms with van der Waals surface area (Å²) in [6.45, 7) is 0.878. The molecule has 0 aliphatic carbocycles. The Kier molecular flexibility index (Phi) is 8.41. The molecule has 0 saturated heterocycles. The molecule has 112 valence electrons. The summed E-state index contributed by atoms with van der Waals surface area (Å²) in [5, 5.41) is 3.16. The summed E-state index contributed by atoms with van der Waals surface area (Å²) < 4.78 is 5.14. The number of methoxy groups -OCH3 is 1. The van der Waals surface area contributed by atoms with E-state index < -0.39 is 0 Å². The van der Waals surface area contributed by atoms with E-state index in [9.17, 15) is 4.79 Å². The van der Waals surface area contributed by atoms with E-state index in [1.807, 2.05) is 24.3 Å². The molecule has 0 spiro atoms. The molecule has 20 heavy (non-hydrogen) atoms. The zero-order valence-electron chi connectivity index (χ0n) is 11.2. The SMILES string of the molecule is COC(CN)CN=C1CC(=O)c2ccccc2N1.Cl.Cl. The van der Waals surface area contributed by atoms with E-state index in [-0.39, 0.29) is 36.7 Å². The van der Waals surface area contributed by atoms with Gasteiger partial charge < -0.3 is 15.8 Å². The maximum Gasteiger partial charge on any atom is 0.172 e. The summed E-state index contributed by atoms with van der Waals surface area (Å²) in [5.41, 5.74) is 7.06. The van der Waals surface area contributed by atoms with Crippen LogP contribution in [0.1, 0.15) is 16.8 Å². The second-order valence-electron chi connectivity index (χ2n) is 4.15. The lowest BCUT2D eigenvalue weighted by atomic mass is 10.0. The number of carbonyl (C=O) groups is 1. The van der Waals surface area contributed by atoms with Crippen LogP contribution in [0.5, 0.6) is 0 Å². The summed E-state index contributed by atoms with van der Waals surface area (Å²) in [7, 11) is 1.60. The number of nitrogens with zero attached hydrogens (tertiary/aromatic N) is 1. The van der Waals surface area contributed by atoms with Crippen LogP contribution in [0.2, 0.25) is 0 Å². The molecule has 7 heteroatoms. The first-order valence-corrected chi connectivity index (χ1v) is 5.90. The van der Waals surface area contributed by atoms with Gasteiger partial charge in [0.1, 0.15) is 5.84 Å². The molecular formula is C13H19Cl2N3O2. The second-order valence-corrected chi connectivity index (χ2v) is 4.15. The molecule has 0 radical (unpaired) electrons. The largest absolute Gasteiger partial charge is 0.378 e. The number of benzene rings is 1. The lowest BCUT2D eigenvalue weighted by molar-refractivity contribution is 0.0998. The quantitative estimate of drug-likeness (QED) is 0.888. The molecule has 1 heterocycles. The molecule has 2 rings (SSSR count). The highest BCUT2D eigenvalue weighted by atomic mass is 35.5. The lowest BCUT2D eigenvalue weighted by Gasteiger charge is -2.19. The first-order valence-electron chi connectivity index (χ1n) is 5.90. The molecule has 0 fully saturated rings. The highest BCUT2D eigenvalue weighted by Gasteiger charge is 2.20. The van der Waals surface area contributed by atoms with E-state index in [1.54, 1.807) is 7.11 Å². The summed E-state index contributed by atoms with van der Waals surface area (Å²) in [4.78, 5) is 16.3. The number of ketones is 1. The number of ether oxygens (including phenoxy) is 1. The number of hydrogen-bond acceptors (Lipinski definition) is 4. The minimum Gasteiger partial charge on any atom is -0.378 e. The van der Waals surface area contributed by atoms with E-state index in [1.165, 1.54) is 0 Å². The average Bonchev–Trinajstić information content (AvgIpc) is 2.40. The Hall–Kier alpha value is -1.14. The van der Waals surface area contributed by atoms with Crippen LogP contribution in [-0.4, -0.2) is 37.9 Å². The molecule has 0 amide bonds. The fraction of sp³-hybridized carbons (Fsp3) is 0.385. The van der Waals surface area contributed by atoms with Gasteiger partial charge in [0.2, 0.25) is 0 Å². The fourth-order valence-electron chi connectivity index (χ4n) is 1.83. The zero-order chi connectivity index (χ0) is 13.0. The first kappa shape index (κ1) is 18.9. The summed E-state index contributed by atoms with van der Waals surface area (Å²) in [6.07, 6.45) is 0.199. The number of amidine groups is 1. The van der Waals surface area contributed by atoms with Crippen molar-refractivity contribution in [1.82, 2.24) is 0 Å². The molecule has 0 aromatic heterocycles. The highest BCUT2D eigenvalue weighted by Crippen LogP contribution is 2.22. The molecule has 0 bridgehead atoms. The Labute approximate surface area is 130 Å². The van der Waals surface area contributed by atoms with Crippen LogP contribution in [0.15, 0.2) is 29.3 Å². The number of fused-ring (bicyclic) bond motifs is 1. The number of carbonyl (C=O) groups excluding carboxylic acids is 1. The second kappa shape index (κ2) is 8.92. The van der Waals surface area contributed by atoms with E-state index in [4.69, 9.17) is 10.5 Å². The van der Waals surface area contributed by atoms with Crippen molar-refractivity contribution in [2.45, 2.75) is 12.5 Å². The molecule has 3 N–H and O–H groups in total. The van der Waals surface area contributed by atoms with Gasteiger partial charge in [-0.15, -0.1) is 24.8 Å². The smallest absolute Gasteiger partial charge is 0.172 e. The van der Waals surface area contributed by atoms with Gasteiger partial charge in [0.25, 0.3) is 0 Å². The molecular weight excluding hydrogens is 301 g/mol. The number of anilines is 1. The normalized spacial score (nSPS) is 16.5. The van der Waals surface area contributed by atoms with Crippen LogP contribution >= 0.6 is 24.8 Å². The Morgan fingerprint density at radius 2 is 2.10 bits per heavy atom. The maximum absolute atomic E-state index is 11.9. The fourth-order valence-corrected chi connectivity index (χ4v) is 1.83. The van der Waals surface area contributed by atoms with Gasteiger partial charge in [-0.25, -0.2) is 0 Å². The molecule has 1 aliphatic rings. The lowest BCUT2D eigenvalue weighted by Crippen LogP contribution is -2.29. The first-order chi connectivity index (χ1) is 8.74. The molecule has 1 unspecified atom stereocenters. The van der Waals surface area contributed by atoms with Gasteiger partial charge in [-0.05, 0) is 12.1 Å². The van der Waals surface area contributed by atoms with Crippen molar-refractivity contribution in [1.29, 1.82) is 0 Å². The van der Waals surface area contributed by atoms with Gasteiger partial charge in [0.15, 0.2) is 5.78 Å². The molecule has 1 aromatic rings. The van der Waals surface area contributed by atoms with E-state index >= 15 is 0 Å². The average molecular weight is 320 g/mol. The third kappa shape index (κ3) is 4.45. The number of nitrogens with two attached hydrogens (primary N) is 1. The number of halogens is 2. The molecule has 0 saturated carbocycles. The molecule has 1 atom stereocenters. The van der Waals surface area contributed by atoms with Crippen molar-refractivity contribution in [3.63, 3.8) is 0 Å². The summed E-state index contributed by atoms with van der Waals surface area (Å²) in [6, 6.07) is 7.44. The van der Waals surface area contributed by atoms with Crippen LogP contribution < -0.4 is 11.1 Å². The van der Waals surface area contributed by atoms with E-state index in [0.717, 1.165) is 11.3 Å². The van der Waals surface area contributed by atoms with Gasteiger partial charge in [0, 0.05) is 19.2 Å². The number of rotatable bonds is 4. The standard InChI is InChI=1S/C13H17N3O2.2ClH/c1-18-9(7-14)8-15-13-6-12(17)10-4-2-3-5-11(10)16-13;;/h2-5,9H,6-8,14H2,1H3,(H,15,16);2*1H. The number of hydrogen-bond donors (Lipinski definition) is 2. The van der Waals surface area contributed by atoms with Gasteiger partial charge in [0.05, 0.1) is 24.8 Å². The van der Waals surface area contributed by atoms with Crippen LogP contribution in [0.4, 0.5) is 5.69 Å². The highest BCUT2D eigenvalue weighted by molar-refractivity contribution is 6.20. The van der Waals surface area contributed by atoms with Crippen LogP contribution in [0.3, 0.4) is 0 Å². The monoisotopic (exact) mass is 319 g/mol. The van der Waals surface area contributed by atoms with Crippen LogP contribution in [0, 0.1) is 0 Å². The van der Waals surface area contributed by atoms with Crippen molar-refractivity contribution < 1.29 is 9.53 Å². The van der Waals surface area contributed by atoms with Gasteiger partial charge in [-0.2, -0.15) is 0 Å². The maximum atomic E-state index is 11.9. The third-order valence-corrected chi connectivity index (χ3v) is 2.92. The number of Topliss-reactive ketones (excluding diaryl/α,β-unsaturated/α-hetero) is 1. The van der Waals surface area contributed by atoms with Crippen molar-refractivity contribution in [3.05, 3.63) is 29.8 Å². The molecule has 1 aliphatic heterocycles. The Bertz CT molecular complexity index is 476. The van der Waals surface area contributed by atoms with E-state index in [0.29, 0.717) is 25.3 Å². The Morgan fingerprint density at radius 3 is 2.75 bits per heavy atom. The van der Waals surface area contributed by atoms with Gasteiger partial charge in [-0.1, -0.05) is 12.1 Å². The third-order valence-electron chi connectivity index (χ3n) is 2.92.